The van der Waals surface area contributed by atoms with Crippen molar-refractivity contribution in [2.24, 2.45) is 0 Å². The molecule has 3 nitrogen and oxygen atoms in total. The molecule has 0 aliphatic heterocycles. The zero-order chi connectivity index (χ0) is 13.0. The number of hydrogen-bond acceptors (Lipinski definition) is 3. The molecule has 2 N–H and O–H groups in total. The predicted molar refractivity (Wildman–Crippen MR) is 69.4 cm³/mol. The second-order valence-electron chi connectivity index (χ2n) is 4.04. The summed E-state index contributed by atoms with van der Waals surface area (Å²) in [6, 6.07) is 16.2. The highest BCUT2D eigenvalue weighted by atomic mass is 16.5. The van der Waals surface area contributed by atoms with Crippen molar-refractivity contribution < 1.29 is 14.9 Å². The molecule has 3 heteroatoms. The Morgan fingerprint density at radius 3 is 2.11 bits per heavy atom. The Morgan fingerprint density at radius 2 is 1.44 bits per heavy atom. The summed E-state index contributed by atoms with van der Waals surface area (Å²) in [6.45, 7) is 0. The number of para-hydroxylation sites is 1. The standard InChI is InChI=1S/C15H16O3/c1-18-13-10-6-5-9-12(13)15(17)14(16)11-7-3-2-4-8-11/h2-10,14-17H,1H3. The van der Waals surface area contributed by atoms with Gasteiger partial charge < -0.3 is 14.9 Å². The molecule has 0 aliphatic rings. The minimum Gasteiger partial charge on any atom is -0.496 e. The van der Waals surface area contributed by atoms with Crippen molar-refractivity contribution in [3.63, 3.8) is 0 Å². The average Bonchev–Trinajstić information content (AvgIpc) is 2.46. The second kappa shape index (κ2) is 5.67. The number of ether oxygens (including phenoxy) is 1. The largest absolute Gasteiger partial charge is 0.496 e. The van der Waals surface area contributed by atoms with Gasteiger partial charge in [0.05, 0.1) is 7.11 Å². The fourth-order valence-corrected chi connectivity index (χ4v) is 1.91. The molecule has 0 amide bonds. The fourth-order valence-electron chi connectivity index (χ4n) is 1.91. The number of benzene rings is 2. The highest BCUT2D eigenvalue weighted by Gasteiger charge is 2.22. The molecule has 94 valence electrons. The van der Waals surface area contributed by atoms with Crippen molar-refractivity contribution in [1.82, 2.24) is 0 Å². The molecule has 0 saturated heterocycles. The summed E-state index contributed by atoms with van der Waals surface area (Å²) >= 11 is 0. The molecule has 0 radical (unpaired) electrons. The van der Waals surface area contributed by atoms with Crippen LogP contribution in [0.4, 0.5) is 0 Å². The van der Waals surface area contributed by atoms with Gasteiger partial charge in [-0.2, -0.15) is 0 Å². The van der Waals surface area contributed by atoms with E-state index in [1.807, 2.05) is 24.3 Å². The Morgan fingerprint density at radius 1 is 0.833 bits per heavy atom. The van der Waals surface area contributed by atoms with Crippen LogP contribution in [-0.4, -0.2) is 17.3 Å². The van der Waals surface area contributed by atoms with Crippen LogP contribution in [0.15, 0.2) is 54.6 Å². The Bertz CT molecular complexity index is 496. The lowest BCUT2D eigenvalue weighted by atomic mass is 9.98. The molecule has 2 aromatic carbocycles. The van der Waals surface area contributed by atoms with Crippen molar-refractivity contribution in [1.29, 1.82) is 0 Å². The smallest absolute Gasteiger partial charge is 0.124 e. The van der Waals surface area contributed by atoms with Crippen molar-refractivity contribution in [2.45, 2.75) is 12.2 Å². The van der Waals surface area contributed by atoms with Crippen LogP contribution in [0.5, 0.6) is 5.75 Å². The van der Waals surface area contributed by atoms with Gasteiger partial charge in [-0.3, -0.25) is 0 Å². The Balaban J connectivity index is 2.28. The van der Waals surface area contributed by atoms with Gasteiger partial charge in [0, 0.05) is 5.56 Å². The molecule has 0 saturated carbocycles. The molecule has 0 aromatic heterocycles. The SMILES string of the molecule is COc1ccccc1C(O)C(O)c1ccccc1. The minimum atomic E-state index is -1.01. The summed E-state index contributed by atoms with van der Waals surface area (Å²) in [4.78, 5) is 0. The molecule has 0 aliphatic carbocycles. The van der Waals surface area contributed by atoms with Gasteiger partial charge in [0.1, 0.15) is 18.0 Å². The molecular formula is C15H16O3. The molecule has 18 heavy (non-hydrogen) atoms. The normalized spacial score (nSPS) is 13.9. The van der Waals surface area contributed by atoms with Crippen LogP contribution in [0.1, 0.15) is 23.3 Å². The lowest BCUT2D eigenvalue weighted by Gasteiger charge is -2.20. The van der Waals surface area contributed by atoms with E-state index in [1.165, 1.54) is 0 Å². The van der Waals surface area contributed by atoms with E-state index in [-0.39, 0.29) is 0 Å². The highest BCUT2D eigenvalue weighted by Crippen LogP contribution is 2.33. The van der Waals surface area contributed by atoms with Crippen molar-refractivity contribution in [2.75, 3.05) is 7.11 Å². The number of aliphatic hydroxyl groups is 2. The van der Waals surface area contributed by atoms with Gasteiger partial charge in [-0.25, -0.2) is 0 Å². The minimum absolute atomic E-state index is 0.569. The molecule has 2 rings (SSSR count). The summed E-state index contributed by atoms with van der Waals surface area (Å²) in [5, 5.41) is 20.4. The number of rotatable bonds is 4. The molecule has 2 aromatic rings. The van der Waals surface area contributed by atoms with E-state index in [1.54, 1.807) is 37.4 Å². The van der Waals surface area contributed by atoms with Crippen LogP contribution in [0.3, 0.4) is 0 Å². The van der Waals surface area contributed by atoms with Gasteiger partial charge in [-0.15, -0.1) is 0 Å². The Labute approximate surface area is 106 Å². The van der Waals surface area contributed by atoms with Crippen LogP contribution in [0.25, 0.3) is 0 Å². The first-order valence-electron chi connectivity index (χ1n) is 5.78. The van der Waals surface area contributed by atoms with E-state index in [0.29, 0.717) is 16.9 Å². The maximum Gasteiger partial charge on any atom is 0.124 e. The number of aliphatic hydroxyl groups excluding tert-OH is 2. The fraction of sp³-hybridized carbons (Fsp3) is 0.200. The zero-order valence-corrected chi connectivity index (χ0v) is 10.2. The van der Waals surface area contributed by atoms with Gasteiger partial charge in [0.15, 0.2) is 0 Å². The van der Waals surface area contributed by atoms with Crippen LogP contribution >= 0.6 is 0 Å². The molecule has 0 bridgehead atoms. The molecule has 0 spiro atoms. The van der Waals surface area contributed by atoms with Gasteiger partial charge in [-0.05, 0) is 11.6 Å². The Hall–Kier alpha value is -1.84. The first-order chi connectivity index (χ1) is 8.74. The molecular weight excluding hydrogens is 228 g/mol. The van der Waals surface area contributed by atoms with E-state index < -0.39 is 12.2 Å². The van der Waals surface area contributed by atoms with Gasteiger partial charge in [0.2, 0.25) is 0 Å². The van der Waals surface area contributed by atoms with Gasteiger partial charge in [0.25, 0.3) is 0 Å². The quantitative estimate of drug-likeness (QED) is 0.868. The van der Waals surface area contributed by atoms with E-state index in [9.17, 15) is 10.2 Å². The lowest BCUT2D eigenvalue weighted by molar-refractivity contribution is 0.0159. The van der Waals surface area contributed by atoms with Crippen LogP contribution < -0.4 is 4.74 Å². The topological polar surface area (TPSA) is 49.7 Å². The van der Waals surface area contributed by atoms with Crippen LogP contribution in [0, 0.1) is 0 Å². The van der Waals surface area contributed by atoms with E-state index >= 15 is 0 Å². The summed E-state index contributed by atoms with van der Waals surface area (Å²) in [7, 11) is 1.54. The predicted octanol–water partition coefficient (Wildman–Crippen LogP) is 2.46. The third kappa shape index (κ3) is 2.53. The first-order valence-corrected chi connectivity index (χ1v) is 5.78. The van der Waals surface area contributed by atoms with Crippen LogP contribution in [0.2, 0.25) is 0 Å². The third-order valence-corrected chi connectivity index (χ3v) is 2.90. The monoisotopic (exact) mass is 244 g/mol. The summed E-state index contributed by atoms with van der Waals surface area (Å²) in [6.07, 6.45) is -1.98. The van der Waals surface area contributed by atoms with Crippen molar-refractivity contribution in [3.8, 4) is 5.75 Å². The van der Waals surface area contributed by atoms with Crippen LogP contribution in [-0.2, 0) is 0 Å². The first kappa shape index (κ1) is 12.6. The van der Waals surface area contributed by atoms with Gasteiger partial charge in [-0.1, -0.05) is 48.5 Å². The van der Waals surface area contributed by atoms with Gasteiger partial charge >= 0.3 is 0 Å². The third-order valence-electron chi connectivity index (χ3n) is 2.90. The lowest BCUT2D eigenvalue weighted by Crippen LogP contribution is -2.11. The van der Waals surface area contributed by atoms with Crippen molar-refractivity contribution in [3.05, 3.63) is 65.7 Å². The van der Waals surface area contributed by atoms with E-state index in [2.05, 4.69) is 0 Å². The number of hydrogen-bond donors (Lipinski definition) is 2. The summed E-state index contributed by atoms with van der Waals surface area (Å²) < 4.78 is 5.18. The highest BCUT2D eigenvalue weighted by molar-refractivity contribution is 5.36. The maximum atomic E-state index is 10.2. The Kier molecular flexibility index (Phi) is 3.97. The number of methoxy groups -OCH3 is 1. The molecule has 2 atom stereocenters. The zero-order valence-electron chi connectivity index (χ0n) is 10.2. The molecule has 2 unspecified atom stereocenters. The van der Waals surface area contributed by atoms with Crippen molar-refractivity contribution >= 4 is 0 Å². The second-order valence-corrected chi connectivity index (χ2v) is 4.04. The van der Waals surface area contributed by atoms with E-state index in [4.69, 9.17) is 4.74 Å². The summed E-state index contributed by atoms with van der Waals surface area (Å²) in [5.41, 5.74) is 1.26. The van der Waals surface area contributed by atoms with E-state index in [0.717, 1.165) is 0 Å². The molecule has 0 heterocycles. The summed E-state index contributed by atoms with van der Waals surface area (Å²) in [5.74, 6) is 0.569. The maximum absolute atomic E-state index is 10.2. The molecule has 0 fully saturated rings. The average molecular weight is 244 g/mol.